The van der Waals surface area contributed by atoms with Gasteiger partial charge in [-0.3, -0.25) is 14.4 Å². The van der Waals surface area contributed by atoms with E-state index in [1.807, 2.05) is 6.92 Å². The molecular formula is C28H23Cl2N3O5. The van der Waals surface area contributed by atoms with E-state index in [0.717, 1.165) is 17.7 Å². The Morgan fingerprint density at radius 3 is 2.39 bits per heavy atom. The second kappa shape index (κ2) is 11.9. The first kappa shape index (κ1) is 26.9. The molecule has 0 unspecified atom stereocenters. The summed E-state index contributed by atoms with van der Waals surface area (Å²) in [4.78, 5) is 52.1. The van der Waals surface area contributed by atoms with E-state index in [1.165, 1.54) is 18.2 Å². The average molecular weight is 552 g/mol. The van der Waals surface area contributed by atoms with Crippen molar-refractivity contribution in [1.29, 1.82) is 0 Å². The highest BCUT2D eigenvalue weighted by Crippen LogP contribution is 2.31. The number of hydrogen-bond acceptors (Lipinski definition) is 6. The highest BCUT2D eigenvalue weighted by molar-refractivity contribution is 6.53. The first-order valence-electron chi connectivity index (χ1n) is 11.8. The fraction of sp³-hybridized carbons (Fsp3) is 0.143. The van der Waals surface area contributed by atoms with Crippen molar-refractivity contribution in [1.82, 2.24) is 0 Å². The molecule has 194 valence electrons. The lowest BCUT2D eigenvalue weighted by atomic mass is 10.1. The summed E-state index contributed by atoms with van der Waals surface area (Å²) in [5, 5.41) is 5.76. The normalized spacial score (nSPS) is 13.1. The third-order valence-electron chi connectivity index (χ3n) is 5.63. The van der Waals surface area contributed by atoms with Crippen LogP contribution in [0.25, 0.3) is 0 Å². The van der Waals surface area contributed by atoms with Crippen LogP contribution in [0.2, 0.25) is 5.02 Å². The number of carbonyl (C=O) groups excluding carboxylic acids is 4. The molecule has 0 saturated carbocycles. The van der Waals surface area contributed by atoms with Gasteiger partial charge in [0.1, 0.15) is 10.7 Å². The van der Waals surface area contributed by atoms with Gasteiger partial charge in [-0.15, -0.1) is 0 Å². The van der Waals surface area contributed by atoms with E-state index in [9.17, 15) is 19.2 Å². The van der Waals surface area contributed by atoms with Crippen LogP contribution in [0.1, 0.15) is 40.5 Å². The SMILES string of the molecule is CCCCOC(=O)c1ccccc1NC(=O)c1cccc(NC2=C(Cl)C(=O)N(c3ccc(Cl)cc3)C2=O)c1. The number of nitrogens with one attached hydrogen (secondary N) is 2. The molecule has 10 heteroatoms. The third kappa shape index (κ3) is 5.88. The minimum Gasteiger partial charge on any atom is -0.462 e. The lowest BCUT2D eigenvalue weighted by molar-refractivity contribution is -0.120. The molecule has 0 spiro atoms. The summed E-state index contributed by atoms with van der Waals surface area (Å²) in [5.74, 6) is -2.34. The molecule has 8 nitrogen and oxygen atoms in total. The predicted molar refractivity (Wildman–Crippen MR) is 146 cm³/mol. The van der Waals surface area contributed by atoms with Crippen LogP contribution in [0, 0.1) is 0 Å². The average Bonchev–Trinajstić information content (AvgIpc) is 3.12. The quantitative estimate of drug-likeness (QED) is 0.192. The summed E-state index contributed by atoms with van der Waals surface area (Å²) in [6.07, 6.45) is 1.63. The van der Waals surface area contributed by atoms with Crippen LogP contribution in [-0.4, -0.2) is 30.3 Å². The van der Waals surface area contributed by atoms with Gasteiger partial charge in [-0.25, -0.2) is 9.69 Å². The molecule has 3 aromatic rings. The summed E-state index contributed by atoms with van der Waals surface area (Å²) in [6, 6.07) is 19.0. The number of anilines is 3. The van der Waals surface area contributed by atoms with Crippen LogP contribution in [0.4, 0.5) is 17.1 Å². The van der Waals surface area contributed by atoms with Gasteiger partial charge in [-0.05, 0) is 61.0 Å². The van der Waals surface area contributed by atoms with E-state index >= 15 is 0 Å². The maximum Gasteiger partial charge on any atom is 0.340 e. The van der Waals surface area contributed by atoms with E-state index in [-0.39, 0.29) is 21.9 Å². The molecule has 38 heavy (non-hydrogen) atoms. The van der Waals surface area contributed by atoms with Crippen LogP contribution in [-0.2, 0) is 14.3 Å². The maximum atomic E-state index is 13.0. The molecule has 0 bridgehead atoms. The smallest absolute Gasteiger partial charge is 0.340 e. The Labute approximate surface area is 229 Å². The molecule has 0 radical (unpaired) electrons. The van der Waals surface area contributed by atoms with Crippen molar-refractivity contribution in [3.05, 3.63) is 99.7 Å². The molecule has 4 rings (SSSR count). The first-order chi connectivity index (χ1) is 18.3. The molecule has 0 aliphatic carbocycles. The molecule has 0 atom stereocenters. The van der Waals surface area contributed by atoms with Crippen LogP contribution >= 0.6 is 23.2 Å². The van der Waals surface area contributed by atoms with Gasteiger partial charge >= 0.3 is 5.97 Å². The number of amides is 3. The Morgan fingerprint density at radius 2 is 1.66 bits per heavy atom. The van der Waals surface area contributed by atoms with Crippen LogP contribution in [0.3, 0.4) is 0 Å². The number of imide groups is 1. The maximum absolute atomic E-state index is 13.0. The molecule has 0 fully saturated rings. The van der Waals surface area contributed by atoms with Gasteiger partial charge in [0.2, 0.25) is 0 Å². The van der Waals surface area contributed by atoms with Gasteiger partial charge in [-0.2, -0.15) is 0 Å². The molecule has 3 aromatic carbocycles. The van der Waals surface area contributed by atoms with Gasteiger partial charge in [0, 0.05) is 16.3 Å². The number of unbranched alkanes of at least 4 members (excludes halogenated alkanes) is 1. The molecule has 3 amide bonds. The molecule has 1 aliphatic heterocycles. The number of nitrogens with zero attached hydrogens (tertiary/aromatic N) is 1. The van der Waals surface area contributed by atoms with Crippen molar-refractivity contribution in [3.8, 4) is 0 Å². The van der Waals surface area contributed by atoms with Gasteiger partial charge < -0.3 is 15.4 Å². The molecule has 1 aliphatic rings. The Balaban J connectivity index is 1.50. The molecule has 0 aromatic heterocycles. The van der Waals surface area contributed by atoms with E-state index < -0.39 is 23.7 Å². The summed E-state index contributed by atoms with van der Waals surface area (Å²) in [5.41, 5.74) is 1.34. The number of esters is 1. The second-order valence-corrected chi connectivity index (χ2v) is 9.12. The Morgan fingerprint density at radius 1 is 0.921 bits per heavy atom. The van der Waals surface area contributed by atoms with Crippen LogP contribution < -0.4 is 15.5 Å². The predicted octanol–water partition coefficient (Wildman–Crippen LogP) is 5.98. The minimum absolute atomic E-state index is 0.121. The third-order valence-corrected chi connectivity index (χ3v) is 6.24. The number of benzene rings is 3. The van der Waals surface area contributed by atoms with E-state index in [1.54, 1.807) is 54.6 Å². The Bertz CT molecular complexity index is 1440. The summed E-state index contributed by atoms with van der Waals surface area (Å²) >= 11 is 12.1. The number of carbonyl (C=O) groups is 4. The van der Waals surface area contributed by atoms with Gasteiger partial charge in [0.05, 0.1) is 23.5 Å². The lowest BCUT2D eigenvalue weighted by Gasteiger charge is -2.15. The summed E-state index contributed by atoms with van der Waals surface area (Å²) in [6.45, 7) is 2.28. The van der Waals surface area contributed by atoms with E-state index in [4.69, 9.17) is 27.9 Å². The van der Waals surface area contributed by atoms with Crippen molar-refractivity contribution >= 4 is 64.0 Å². The van der Waals surface area contributed by atoms with Gasteiger partial charge in [0.25, 0.3) is 17.7 Å². The van der Waals surface area contributed by atoms with Crippen LogP contribution in [0.15, 0.2) is 83.5 Å². The van der Waals surface area contributed by atoms with Gasteiger partial charge in [0.15, 0.2) is 0 Å². The van der Waals surface area contributed by atoms with E-state index in [2.05, 4.69) is 10.6 Å². The van der Waals surface area contributed by atoms with E-state index in [0.29, 0.717) is 28.7 Å². The molecular weight excluding hydrogens is 529 g/mol. The largest absolute Gasteiger partial charge is 0.462 e. The van der Waals surface area contributed by atoms with Crippen molar-refractivity contribution in [2.45, 2.75) is 19.8 Å². The summed E-state index contributed by atoms with van der Waals surface area (Å²) < 4.78 is 5.28. The zero-order valence-corrected chi connectivity index (χ0v) is 21.8. The van der Waals surface area contributed by atoms with Crippen molar-refractivity contribution in [2.24, 2.45) is 0 Å². The molecule has 1 heterocycles. The highest BCUT2D eigenvalue weighted by Gasteiger charge is 2.39. The second-order valence-electron chi connectivity index (χ2n) is 8.31. The first-order valence-corrected chi connectivity index (χ1v) is 12.5. The lowest BCUT2D eigenvalue weighted by Crippen LogP contribution is -2.32. The highest BCUT2D eigenvalue weighted by atomic mass is 35.5. The van der Waals surface area contributed by atoms with Crippen molar-refractivity contribution in [3.63, 3.8) is 0 Å². The number of rotatable bonds is 9. The van der Waals surface area contributed by atoms with Crippen molar-refractivity contribution < 1.29 is 23.9 Å². The minimum atomic E-state index is -0.683. The van der Waals surface area contributed by atoms with Crippen molar-refractivity contribution in [2.75, 3.05) is 22.1 Å². The monoisotopic (exact) mass is 551 g/mol. The Kier molecular flexibility index (Phi) is 8.45. The number of ether oxygens (including phenoxy) is 1. The number of para-hydroxylation sites is 1. The number of hydrogen-bond donors (Lipinski definition) is 2. The number of halogens is 2. The molecule has 0 saturated heterocycles. The Hall–Kier alpha value is -4.14. The zero-order valence-electron chi connectivity index (χ0n) is 20.3. The van der Waals surface area contributed by atoms with Gasteiger partial charge in [-0.1, -0.05) is 54.7 Å². The standard InChI is InChI=1S/C28H23Cl2N3O5/c1-2-3-15-38-28(37)21-9-4-5-10-22(21)32-25(34)17-7-6-8-19(16-17)31-24-23(30)26(35)33(27(24)36)20-13-11-18(29)12-14-20/h4-14,16,31H,2-3,15H2,1H3,(H,32,34). The zero-order chi connectivity index (χ0) is 27.2. The fourth-order valence-electron chi connectivity index (χ4n) is 3.67. The molecule has 2 N–H and O–H groups in total. The summed E-state index contributed by atoms with van der Waals surface area (Å²) in [7, 11) is 0. The topological polar surface area (TPSA) is 105 Å². The fourth-order valence-corrected chi connectivity index (χ4v) is 4.01. The van der Waals surface area contributed by atoms with Crippen LogP contribution in [0.5, 0.6) is 0 Å².